The van der Waals surface area contributed by atoms with Crippen LogP contribution in [0, 0.1) is 12.7 Å². The Balaban J connectivity index is 2.92. The second-order valence-corrected chi connectivity index (χ2v) is 4.46. The van der Waals surface area contributed by atoms with E-state index in [1.807, 2.05) is 13.8 Å². The normalized spacial score (nSPS) is 11.3. The SMILES string of the molecule is Cc1c(F)ccc2cc(O)cc(C(C)C)c12. The summed E-state index contributed by atoms with van der Waals surface area (Å²) in [6, 6.07) is 6.55. The van der Waals surface area contributed by atoms with Crippen molar-refractivity contribution in [3.63, 3.8) is 0 Å². The Morgan fingerprint density at radius 2 is 1.88 bits per heavy atom. The third kappa shape index (κ3) is 1.64. The standard InChI is InChI=1S/C14H15FO/c1-8(2)12-7-11(16)6-10-4-5-13(15)9(3)14(10)12/h4-8,16H,1-3H3. The summed E-state index contributed by atoms with van der Waals surface area (Å²) in [5.41, 5.74) is 1.65. The molecule has 2 aromatic rings. The van der Waals surface area contributed by atoms with Gasteiger partial charge in [0.05, 0.1) is 0 Å². The van der Waals surface area contributed by atoms with E-state index in [1.54, 1.807) is 25.1 Å². The molecule has 2 heteroatoms. The lowest BCUT2D eigenvalue weighted by Crippen LogP contribution is -1.94. The van der Waals surface area contributed by atoms with Crippen molar-refractivity contribution in [3.8, 4) is 5.75 Å². The van der Waals surface area contributed by atoms with Crippen LogP contribution in [0.1, 0.15) is 30.9 Å². The Kier molecular flexibility index (Phi) is 2.58. The molecule has 0 saturated carbocycles. The lowest BCUT2D eigenvalue weighted by Gasteiger charge is -2.13. The second-order valence-electron chi connectivity index (χ2n) is 4.46. The van der Waals surface area contributed by atoms with Gasteiger partial charge in [-0.3, -0.25) is 0 Å². The third-order valence-corrected chi connectivity index (χ3v) is 2.95. The van der Waals surface area contributed by atoms with Gasteiger partial charge in [-0.15, -0.1) is 0 Å². The van der Waals surface area contributed by atoms with Gasteiger partial charge in [0.2, 0.25) is 0 Å². The summed E-state index contributed by atoms with van der Waals surface area (Å²) < 4.78 is 13.5. The van der Waals surface area contributed by atoms with Crippen molar-refractivity contribution in [1.29, 1.82) is 0 Å². The zero-order chi connectivity index (χ0) is 11.9. The van der Waals surface area contributed by atoms with Crippen LogP contribution in [0.15, 0.2) is 24.3 Å². The average Bonchev–Trinajstić information content (AvgIpc) is 2.22. The summed E-state index contributed by atoms with van der Waals surface area (Å²) in [5.74, 6) is 0.303. The maximum absolute atomic E-state index is 13.5. The number of hydrogen-bond donors (Lipinski definition) is 1. The average molecular weight is 218 g/mol. The predicted molar refractivity (Wildman–Crippen MR) is 64.4 cm³/mol. The first-order valence-electron chi connectivity index (χ1n) is 5.42. The van der Waals surface area contributed by atoms with Crippen molar-refractivity contribution in [3.05, 3.63) is 41.2 Å². The highest BCUT2D eigenvalue weighted by Gasteiger charge is 2.11. The number of aryl methyl sites for hydroxylation is 1. The fourth-order valence-corrected chi connectivity index (χ4v) is 2.10. The summed E-state index contributed by atoms with van der Waals surface area (Å²) in [6.45, 7) is 5.86. The molecule has 0 aromatic heterocycles. The Hall–Kier alpha value is -1.57. The number of rotatable bonds is 1. The third-order valence-electron chi connectivity index (χ3n) is 2.95. The van der Waals surface area contributed by atoms with Crippen molar-refractivity contribution >= 4 is 10.8 Å². The Labute approximate surface area is 94.5 Å². The minimum Gasteiger partial charge on any atom is -0.508 e. The topological polar surface area (TPSA) is 20.2 Å². The highest BCUT2D eigenvalue weighted by molar-refractivity contribution is 5.90. The van der Waals surface area contributed by atoms with E-state index in [0.717, 1.165) is 16.3 Å². The van der Waals surface area contributed by atoms with Crippen molar-refractivity contribution in [2.45, 2.75) is 26.7 Å². The molecule has 0 spiro atoms. The van der Waals surface area contributed by atoms with Gasteiger partial charge in [-0.1, -0.05) is 19.9 Å². The Morgan fingerprint density at radius 1 is 1.19 bits per heavy atom. The molecule has 0 radical (unpaired) electrons. The first-order valence-corrected chi connectivity index (χ1v) is 5.42. The molecule has 0 heterocycles. The van der Waals surface area contributed by atoms with E-state index in [1.165, 1.54) is 6.07 Å². The van der Waals surface area contributed by atoms with Crippen LogP contribution in [0.4, 0.5) is 4.39 Å². The molecule has 0 aliphatic heterocycles. The number of benzene rings is 2. The molecule has 0 aliphatic rings. The zero-order valence-electron chi connectivity index (χ0n) is 9.71. The fraction of sp³-hybridized carbons (Fsp3) is 0.286. The van der Waals surface area contributed by atoms with E-state index in [2.05, 4.69) is 0 Å². The molecule has 0 bridgehead atoms. The van der Waals surface area contributed by atoms with Crippen molar-refractivity contribution in [2.75, 3.05) is 0 Å². The molecule has 1 N–H and O–H groups in total. The summed E-state index contributed by atoms with van der Waals surface area (Å²) >= 11 is 0. The molecule has 0 saturated heterocycles. The van der Waals surface area contributed by atoms with E-state index in [0.29, 0.717) is 5.56 Å². The van der Waals surface area contributed by atoms with Crippen molar-refractivity contribution in [1.82, 2.24) is 0 Å². The van der Waals surface area contributed by atoms with Gasteiger partial charge in [-0.05, 0) is 52.9 Å². The molecular weight excluding hydrogens is 203 g/mol. The van der Waals surface area contributed by atoms with E-state index < -0.39 is 0 Å². The molecule has 16 heavy (non-hydrogen) atoms. The molecule has 2 rings (SSSR count). The van der Waals surface area contributed by atoms with E-state index in [9.17, 15) is 9.50 Å². The monoisotopic (exact) mass is 218 g/mol. The summed E-state index contributed by atoms with van der Waals surface area (Å²) in [4.78, 5) is 0. The van der Waals surface area contributed by atoms with Gasteiger partial charge in [-0.2, -0.15) is 0 Å². The number of aromatic hydroxyl groups is 1. The van der Waals surface area contributed by atoms with Crippen LogP contribution in [0.2, 0.25) is 0 Å². The van der Waals surface area contributed by atoms with Gasteiger partial charge >= 0.3 is 0 Å². The van der Waals surface area contributed by atoms with E-state index in [4.69, 9.17) is 0 Å². The van der Waals surface area contributed by atoms with Crippen molar-refractivity contribution in [2.24, 2.45) is 0 Å². The smallest absolute Gasteiger partial charge is 0.126 e. The Bertz CT molecular complexity index is 544. The van der Waals surface area contributed by atoms with Crippen LogP contribution in [-0.2, 0) is 0 Å². The fourth-order valence-electron chi connectivity index (χ4n) is 2.10. The minimum atomic E-state index is -0.194. The second kappa shape index (κ2) is 3.78. The van der Waals surface area contributed by atoms with E-state index >= 15 is 0 Å². The van der Waals surface area contributed by atoms with Gasteiger partial charge in [0.25, 0.3) is 0 Å². The minimum absolute atomic E-state index is 0.194. The molecular formula is C14H15FO. The summed E-state index contributed by atoms with van der Waals surface area (Å²) in [6.07, 6.45) is 0. The summed E-state index contributed by atoms with van der Waals surface area (Å²) in [7, 11) is 0. The lowest BCUT2D eigenvalue weighted by molar-refractivity contribution is 0.475. The summed E-state index contributed by atoms with van der Waals surface area (Å²) in [5, 5.41) is 11.4. The highest BCUT2D eigenvalue weighted by Crippen LogP contribution is 2.32. The van der Waals surface area contributed by atoms with Gasteiger partial charge in [0, 0.05) is 0 Å². The van der Waals surface area contributed by atoms with Crippen molar-refractivity contribution < 1.29 is 9.50 Å². The van der Waals surface area contributed by atoms with Crippen LogP contribution in [0.25, 0.3) is 10.8 Å². The first-order chi connectivity index (χ1) is 7.50. The maximum Gasteiger partial charge on any atom is 0.126 e. The Morgan fingerprint density at radius 3 is 2.50 bits per heavy atom. The number of hydrogen-bond acceptors (Lipinski definition) is 1. The van der Waals surface area contributed by atoms with Crippen LogP contribution in [0.3, 0.4) is 0 Å². The lowest BCUT2D eigenvalue weighted by atomic mass is 9.92. The maximum atomic E-state index is 13.5. The number of halogens is 1. The number of phenols is 1. The number of phenolic OH excluding ortho intramolecular Hbond substituents is 1. The van der Waals surface area contributed by atoms with Crippen LogP contribution in [0.5, 0.6) is 5.75 Å². The number of fused-ring (bicyclic) bond motifs is 1. The zero-order valence-corrected chi connectivity index (χ0v) is 9.71. The van der Waals surface area contributed by atoms with E-state index in [-0.39, 0.29) is 17.5 Å². The van der Waals surface area contributed by atoms with Gasteiger partial charge < -0.3 is 5.11 Å². The first kappa shape index (κ1) is 10.9. The molecule has 2 aromatic carbocycles. The molecule has 0 fully saturated rings. The van der Waals surface area contributed by atoms with Gasteiger partial charge in [0.15, 0.2) is 0 Å². The molecule has 0 aliphatic carbocycles. The predicted octanol–water partition coefficient (Wildman–Crippen LogP) is 4.12. The van der Waals surface area contributed by atoms with Gasteiger partial charge in [-0.25, -0.2) is 4.39 Å². The largest absolute Gasteiger partial charge is 0.508 e. The van der Waals surface area contributed by atoms with Crippen LogP contribution >= 0.6 is 0 Å². The molecule has 1 nitrogen and oxygen atoms in total. The molecule has 0 unspecified atom stereocenters. The van der Waals surface area contributed by atoms with Crippen LogP contribution in [-0.4, -0.2) is 5.11 Å². The van der Waals surface area contributed by atoms with Crippen LogP contribution < -0.4 is 0 Å². The van der Waals surface area contributed by atoms with Gasteiger partial charge in [0.1, 0.15) is 11.6 Å². The molecule has 0 atom stereocenters. The molecule has 84 valence electrons. The quantitative estimate of drug-likeness (QED) is 0.763. The highest BCUT2D eigenvalue weighted by atomic mass is 19.1. The molecule has 0 amide bonds.